The maximum absolute atomic E-state index is 12.5. The van der Waals surface area contributed by atoms with Crippen molar-refractivity contribution in [2.24, 2.45) is 0 Å². The van der Waals surface area contributed by atoms with E-state index in [-0.39, 0.29) is 11.5 Å². The van der Waals surface area contributed by atoms with E-state index >= 15 is 0 Å². The van der Waals surface area contributed by atoms with Crippen LogP contribution in [0.5, 0.6) is 0 Å². The number of hydrogen-bond acceptors (Lipinski definition) is 4. The summed E-state index contributed by atoms with van der Waals surface area (Å²) in [6, 6.07) is 4.17. The molecular weight excluding hydrogens is 390 g/mol. The molecule has 7 nitrogen and oxygen atoms in total. The summed E-state index contributed by atoms with van der Waals surface area (Å²) in [7, 11) is 0. The van der Waals surface area contributed by atoms with Crippen LogP contribution in [0, 0.1) is 0 Å². The molecule has 1 saturated heterocycles. The number of likely N-dealkylation sites (tertiary alicyclic amines) is 1. The molecule has 152 valence electrons. The number of nitrogens with zero attached hydrogens (tertiary/aromatic N) is 4. The van der Waals surface area contributed by atoms with Crippen molar-refractivity contribution < 1.29 is 9.53 Å². The SMILES string of the molecule is CC(C)(C)OC(=O)N1CCC2(CCn3nc(-c4cnc5[nH]cc(Cl)c5c4)cc32)C1. The molecule has 3 aromatic rings. The monoisotopic (exact) mass is 413 g/mol. The Hall–Kier alpha value is -2.54. The van der Waals surface area contributed by atoms with Crippen LogP contribution in [0.1, 0.15) is 39.3 Å². The number of fused-ring (bicyclic) bond motifs is 3. The number of nitrogens with one attached hydrogen (secondary N) is 1. The van der Waals surface area contributed by atoms with E-state index in [1.54, 1.807) is 6.20 Å². The Balaban J connectivity index is 1.43. The Morgan fingerprint density at radius 2 is 2.07 bits per heavy atom. The number of carbonyl (C=O) groups excluding carboxylic acids is 1. The standard InChI is InChI=1S/C21H24ClN5O2/c1-20(2,3)29-19(28)26-6-4-21(12-26)5-7-27-17(21)9-16(25-27)13-8-14-15(22)11-24-18(14)23-10-13/h8-11H,4-7,12H2,1-3H3,(H,23,24). The molecule has 29 heavy (non-hydrogen) atoms. The highest BCUT2D eigenvalue weighted by atomic mass is 35.5. The Kier molecular flexibility index (Phi) is 3.97. The van der Waals surface area contributed by atoms with Crippen LogP contribution in [0.15, 0.2) is 24.5 Å². The highest BCUT2D eigenvalue weighted by molar-refractivity contribution is 6.35. The van der Waals surface area contributed by atoms with E-state index < -0.39 is 5.60 Å². The van der Waals surface area contributed by atoms with Gasteiger partial charge in [-0.2, -0.15) is 5.10 Å². The van der Waals surface area contributed by atoms with Gasteiger partial charge in [-0.15, -0.1) is 0 Å². The first-order valence-electron chi connectivity index (χ1n) is 9.93. The zero-order chi connectivity index (χ0) is 20.4. The fourth-order valence-electron chi connectivity index (χ4n) is 4.48. The molecule has 1 atom stereocenters. The third-order valence-corrected chi connectivity index (χ3v) is 6.22. The van der Waals surface area contributed by atoms with Crippen molar-refractivity contribution >= 4 is 28.7 Å². The van der Waals surface area contributed by atoms with Gasteiger partial charge in [0.25, 0.3) is 0 Å². The lowest BCUT2D eigenvalue weighted by Crippen LogP contribution is -2.37. The number of rotatable bonds is 1. The number of pyridine rings is 1. The van der Waals surface area contributed by atoms with Crippen molar-refractivity contribution in [3.05, 3.63) is 35.2 Å². The fraction of sp³-hybridized carbons (Fsp3) is 0.476. The Bertz CT molecular complexity index is 1110. The molecule has 0 aliphatic carbocycles. The molecular formula is C21H24ClN5O2. The first-order valence-corrected chi connectivity index (χ1v) is 10.3. The van der Waals surface area contributed by atoms with E-state index in [1.165, 1.54) is 5.69 Å². The minimum absolute atomic E-state index is 0.0502. The third-order valence-electron chi connectivity index (χ3n) is 5.91. The first-order chi connectivity index (χ1) is 13.7. The largest absolute Gasteiger partial charge is 0.444 e. The number of aryl methyl sites for hydroxylation is 1. The smallest absolute Gasteiger partial charge is 0.410 e. The van der Waals surface area contributed by atoms with Gasteiger partial charge in [-0.3, -0.25) is 4.68 Å². The minimum Gasteiger partial charge on any atom is -0.444 e. The lowest BCUT2D eigenvalue weighted by Gasteiger charge is -2.26. The molecule has 5 rings (SSSR count). The van der Waals surface area contributed by atoms with Crippen LogP contribution >= 0.6 is 11.6 Å². The zero-order valence-electron chi connectivity index (χ0n) is 16.8. The summed E-state index contributed by atoms with van der Waals surface area (Å²) in [4.78, 5) is 21.9. The van der Waals surface area contributed by atoms with Gasteiger partial charge in [0.05, 0.1) is 10.7 Å². The normalized spacial score (nSPS) is 21.3. The summed E-state index contributed by atoms with van der Waals surface area (Å²) < 4.78 is 7.65. The number of ether oxygens (including phenoxy) is 1. The molecule has 3 aromatic heterocycles. The summed E-state index contributed by atoms with van der Waals surface area (Å²) in [5.74, 6) is 0. The quantitative estimate of drug-likeness (QED) is 0.643. The summed E-state index contributed by atoms with van der Waals surface area (Å²) in [5, 5.41) is 6.37. The van der Waals surface area contributed by atoms with Gasteiger partial charge in [0.1, 0.15) is 11.2 Å². The molecule has 0 saturated carbocycles. The molecule has 2 aliphatic rings. The van der Waals surface area contributed by atoms with Gasteiger partial charge in [0.2, 0.25) is 0 Å². The highest BCUT2D eigenvalue weighted by Crippen LogP contribution is 2.44. The van der Waals surface area contributed by atoms with Gasteiger partial charge < -0.3 is 14.6 Å². The number of amides is 1. The molecule has 0 bridgehead atoms. The van der Waals surface area contributed by atoms with Crippen molar-refractivity contribution in [2.75, 3.05) is 13.1 Å². The molecule has 0 aromatic carbocycles. The van der Waals surface area contributed by atoms with Gasteiger partial charge in [-0.25, -0.2) is 9.78 Å². The van der Waals surface area contributed by atoms with Crippen molar-refractivity contribution in [2.45, 2.75) is 51.2 Å². The molecule has 0 radical (unpaired) electrons. The van der Waals surface area contributed by atoms with Gasteiger partial charge >= 0.3 is 6.09 Å². The van der Waals surface area contributed by atoms with Crippen LogP contribution in [-0.2, 0) is 16.7 Å². The topological polar surface area (TPSA) is 76.0 Å². The molecule has 1 spiro atoms. The van der Waals surface area contributed by atoms with Crippen LogP contribution < -0.4 is 0 Å². The summed E-state index contributed by atoms with van der Waals surface area (Å²) in [6.45, 7) is 7.94. The Morgan fingerprint density at radius 3 is 2.86 bits per heavy atom. The average molecular weight is 414 g/mol. The maximum atomic E-state index is 12.5. The number of H-pyrrole nitrogens is 1. The number of carbonyl (C=O) groups is 1. The predicted molar refractivity (Wildman–Crippen MR) is 111 cm³/mol. The van der Waals surface area contributed by atoms with E-state index in [1.807, 2.05) is 37.9 Å². The van der Waals surface area contributed by atoms with Gasteiger partial charge in [0, 0.05) is 54.1 Å². The van der Waals surface area contributed by atoms with Crippen molar-refractivity contribution in [3.63, 3.8) is 0 Å². The molecule has 8 heteroatoms. The van der Waals surface area contributed by atoms with Crippen molar-refractivity contribution in [1.82, 2.24) is 24.6 Å². The van der Waals surface area contributed by atoms with E-state index in [4.69, 9.17) is 21.4 Å². The summed E-state index contributed by atoms with van der Waals surface area (Å²) in [6.07, 6.45) is 5.26. The third kappa shape index (κ3) is 3.08. The van der Waals surface area contributed by atoms with Crippen LogP contribution in [0.4, 0.5) is 4.79 Å². The molecule has 1 fully saturated rings. The number of aromatic amines is 1. The van der Waals surface area contributed by atoms with Gasteiger partial charge in [-0.05, 0) is 45.7 Å². The molecule has 1 amide bonds. The Morgan fingerprint density at radius 1 is 1.28 bits per heavy atom. The second kappa shape index (κ2) is 6.23. The van der Waals surface area contributed by atoms with Gasteiger partial charge in [-0.1, -0.05) is 11.6 Å². The predicted octanol–water partition coefficient (Wildman–Crippen LogP) is 4.36. The van der Waals surface area contributed by atoms with Crippen LogP contribution in [0.3, 0.4) is 0 Å². The van der Waals surface area contributed by atoms with Crippen molar-refractivity contribution in [3.8, 4) is 11.3 Å². The molecule has 5 heterocycles. The molecule has 1 N–H and O–H groups in total. The number of hydrogen-bond donors (Lipinski definition) is 1. The van der Waals surface area contributed by atoms with E-state index in [0.717, 1.165) is 41.7 Å². The van der Waals surface area contributed by atoms with Crippen LogP contribution in [0.2, 0.25) is 5.02 Å². The van der Waals surface area contributed by atoms with Crippen LogP contribution in [-0.4, -0.2) is 49.4 Å². The zero-order valence-corrected chi connectivity index (χ0v) is 17.6. The highest BCUT2D eigenvalue weighted by Gasteiger charge is 2.47. The van der Waals surface area contributed by atoms with E-state index in [9.17, 15) is 4.79 Å². The van der Waals surface area contributed by atoms with Crippen molar-refractivity contribution in [1.29, 1.82) is 0 Å². The lowest BCUT2D eigenvalue weighted by molar-refractivity contribution is 0.0284. The second-order valence-corrected chi connectivity index (χ2v) is 9.48. The lowest BCUT2D eigenvalue weighted by atomic mass is 9.82. The Labute approximate surface area is 174 Å². The molecule has 2 aliphatic heterocycles. The van der Waals surface area contributed by atoms with Gasteiger partial charge in [0.15, 0.2) is 0 Å². The number of aromatic nitrogens is 4. The summed E-state index contributed by atoms with van der Waals surface area (Å²) >= 11 is 6.25. The van der Waals surface area contributed by atoms with E-state index in [0.29, 0.717) is 18.1 Å². The average Bonchev–Trinajstić information content (AvgIpc) is 3.40. The number of halogens is 1. The summed E-state index contributed by atoms with van der Waals surface area (Å²) in [5.41, 5.74) is 3.26. The molecule has 1 unspecified atom stereocenters. The minimum atomic E-state index is -0.484. The van der Waals surface area contributed by atoms with Crippen LogP contribution in [0.25, 0.3) is 22.3 Å². The second-order valence-electron chi connectivity index (χ2n) is 9.08. The first kappa shape index (κ1) is 18.5. The van der Waals surface area contributed by atoms with E-state index in [2.05, 4.69) is 20.7 Å². The maximum Gasteiger partial charge on any atom is 0.410 e. The fourth-order valence-corrected chi connectivity index (χ4v) is 4.68.